The van der Waals surface area contributed by atoms with Crippen molar-refractivity contribution in [2.75, 3.05) is 0 Å². The smallest absolute Gasteiger partial charge is 0.225 e. The SMILES string of the molecule is CCc1ccc(S(=O)(=O)c2ccccc2)cc1S(N)(=O)=O. The van der Waals surface area contributed by atoms with Gasteiger partial charge in [0.15, 0.2) is 0 Å². The van der Waals surface area contributed by atoms with E-state index in [0.717, 1.165) is 6.07 Å². The number of primary sulfonamides is 1. The lowest BCUT2D eigenvalue weighted by Gasteiger charge is -2.09. The molecule has 0 aliphatic carbocycles. The van der Waals surface area contributed by atoms with Crippen LogP contribution in [0, 0.1) is 0 Å². The van der Waals surface area contributed by atoms with Crippen molar-refractivity contribution in [2.24, 2.45) is 5.14 Å². The van der Waals surface area contributed by atoms with Gasteiger partial charge in [-0.2, -0.15) is 0 Å². The van der Waals surface area contributed by atoms with Gasteiger partial charge in [-0.25, -0.2) is 22.0 Å². The summed E-state index contributed by atoms with van der Waals surface area (Å²) in [4.78, 5) is -0.133. The van der Waals surface area contributed by atoms with Crippen LogP contribution in [0.15, 0.2) is 63.2 Å². The van der Waals surface area contributed by atoms with Gasteiger partial charge in [-0.15, -0.1) is 0 Å². The summed E-state index contributed by atoms with van der Waals surface area (Å²) >= 11 is 0. The molecule has 0 atom stereocenters. The second-order valence-corrected chi connectivity index (χ2v) is 7.96. The molecule has 0 bridgehead atoms. The average Bonchev–Trinajstić information content (AvgIpc) is 2.46. The Hall–Kier alpha value is -1.70. The molecule has 2 rings (SSSR count). The van der Waals surface area contributed by atoms with Crippen LogP contribution < -0.4 is 5.14 Å². The Morgan fingerprint density at radius 1 is 0.905 bits per heavy atom. The summed E-state index contributed by atoms with van der Waals surface area (Å²) in [6.45, 7) is 1.77. The quantitative estimate of drug-likeness (QED) is 0.926. The molecule has 112 valence electrons. The molecule has 0 saturated carbocycles. The molecule has 0 spiro atoms. The zero-order valence-corrected chi connectivity index (χ0v) is 13.0. The maximum atomic E-state index is 12.5. The highest BCUT2D eigenvalue weighted by Gasteiger charge is 2.21. The van der Waals surface area contributed by atoms with E-state index >= 15 is 0 Å². The van der Waals surface area contributed by atoms with E-state index in [1.54, 1.807) is 25.1 Å². The topological polar surface area (TPSA) is 94.3 Å². The summed E-state index contributed by atoms with van der Waals surface area (Å²) in [5, 5.41) is 5.16. The Labute approximate surface area is 124 Å². The molecule has 2 aromatic carbocycles. The van der Waals surface area contributed by atoms with Gasteiger partial charge >= 0.3 is 0 Å². The van der Waals surface area contributed by atoms with Crippen molar-refractivity contribution in [3.8, 4) is 0 Å². The van der Waals surface area contributed by atoms with Crippen molar-refractivity contribution >= 4 is 19.9 Å². The molecule has 2 aromatic rings. The predicted octanol–water partition coefficient (Wildman–Crippen LogP) is 1.73. The number of sulfone groups is 1. The molecule has 5 nitrogen and oxygen atoms in total. The molecule has 0 radical (unpaired) electrons. The molecule has 0 aliphatic rings. The lowest BCUT2D eigenvalue weighted by Crippen LogP contribution is -2.15. The van der Waals surface area contributed by atoms with Gasteiger partial charge < -0.3 is 0 Å². The fourth-order valence-corrected chi connectivity index (χ4v) is 4.25. The highest BCUT2D eigenvalue weighted by atomic mass is 32.2. The molecule has 0 amide bonds. The van der Waals surface area contributed by atoms with Gasteiger partial charge in [-0.3, -0.25) is 0 Å². The summed E-state index contributed by atoms with van der Waals surface area (Å²) in [5.74, 6) is 0. The second kappa shape index (κ2) is 5.59. The Morgan fingerprint density at radius 3 is 2.05 bits per heavy atom. The predicted molar refractivity (Wildman–Crippen MR) is 79.1 cm³/mol. The van der Waals surface area contributed by atoms with Gasteiger partial charge in [0.1, 0.15) is 0 Å². The number of hydrogen-bond donors (Lipinski definition) is 1. The molecule has 0 saturated heterocycles. The van der Waals surface area contributed by atoms with E-state index in [9.17, 15) is 16.8 Å². The van der Waals surface area contributed by atoms with Gasteiger partial charge in [-0.05, 0) is 36.2 Å². The highest BCUT2D eigenvalue weighted by molar-refractivity contribution is 7.91. The Morgan fingerprint density at radius 2 is 1.52 bits per heavy atom. The minimum atomic E-state index is -3.97. The largest absolute Gasteiger partial charge is 0.238 e. The summed E-state index contributed by atoms with van der Waals surface area (Å²) < 4.78 is 48.2. The first-order valence-corrected chi connectivity index (χ1v) is 9.25. The third kappa shape index (κ3) is 3.15. The molecular formula is C14H15NO4S2. The van der Waals surface area contributed by atoms with E-state index in [2.05, 4.69) is 0 Å². The second-order valence-electron chi connectivity index (χ2n) is 4.48. The van der Waals surface area contributed by atoms with Crippen LogP contribution in [0.25, 0.3) is 0 Å². The maximum Gasteiger partial charge on any atom is 0.238 e. The van der Waals surface area contributed by atoms with Crippen LogP contribution in [0.4, 0.5) is 0 Å². The molecule has 21 heavy (non-hydrogen) atoms. The zero-order valence-electron chi connectivity index (χ0n) is 11.4. The average molecular weight is 325 g/mol. The van der Waals surface area contributed by atoms with E-state index in [-0.39, 0.29) is 14.7 Å². The molecule has 0 aromatic heterocycles. The number of benzene rings is 2. The Bertz CT molecular complexity index is 857. The van der Waals surface area contributed by atoms with Crippen LogP contribution >= 0.6 is 0 Å². The first-order chi connectivity index (χ1) is 9.76. The summed E-state index contributed by atoms with van der Waals surface area (Å²) in [6, 6.07) is 11.8. The van der Waals surface area contributed by atoms with Crippen LogP contribution in [-0.4, -0.2) is 16.8 Å². The van der Waals surface area contributed by atoms with Gasteiger partial charge in [0.05, 0.1) is 14.7 Å². The third-order valence-electron chi connectivity index (χ3n) is 3.09. The van der Waals surface area contributed by atoms with Crippen molar-refractivity contribution in [2.45, 2.75) is 28.0 Å². The molecular weight excluding hydrogens is 310 g/mol. The van der Waals surface area contributed by atoms with Crippen LogP contribution in [0.2, 0.25) is 0 Å². The van der Waals surface area contributed by atoms with Gasteiger partial charge in [0.2, 0.25) is 19.9 Å². The number of hydrogen-bond acceptors (Lipinski definition) is 4. The fraction of sp³-hybridized carbons (Fsp3) is 0.143. The van der Waals surface area contributed by atoms with E-state index in [4.69, 9.17) is 5.14 Å². The van der Waals surface area contributed by atoms with Gasteiger partial charge in [0, 0.05) is 0 Å². The molecule has 7 heteroatoms. The molecule has 0 aliphatic heterocycles. The Balaban J connectivity index is 2.67. The van der Waals surface area contributed by atoms with Gasteiger partial charge in [0.25, 0.3) is 0 Å². The minimum Gasteiger partial charge on any atom is -0.225 e. The highest BCUT2D eigenvalue weighted by Crippen LogP contribution is 2.25. The summed E-state index contributed by atoms with van der Waals surface area (Å²) in [6.07, 6.45) is 0.442. The van der Waals surface area contributed by atoms with Crippen molar-refractivity contribution in [1.82, 2.24) is 0 Å². The summed E-state index contributed by atoms with van der Waals surface area (Å²) in [5.41, 5.74) is 0.490. The number of nitrogens with two attached hydrogens (primary N) is 1. The minimum absolute atomic E-state index is 0.0880. The lowest BCUT2D eigenvalue weighted by molar-refractivity contribution is 0.594. The molecule has 0 fully saturated rings. The molecule has 2 N–H and O–H groups in total. The van der Waals surface area contributed by atoms with E-state index in [0.29, 0.717) is 12.0 Å². The number of rotatable bonds is 4. The van der Waals surface area contributed by atoms with Crippen LogP contribution in [-0.2, 0) is 26.3 Å². The number of sulfonamides is 1. The first kappa shape index (κ1) is 15.7. The van der Waals surface area contributed by atoms with Crippen LogP contribution in [0.1, 0.15) is 12.5 Å². The van der Waals surface area contributed by atoms with E-state index < -0.39 is 19.9 Å². The first-order valence-electron chi connectivity index (χ1n) is 6.22. The normalized spacial score (nSPS) is 12.3. The van der Waals surface area contributed by atoms with E-state index in [1.165, 1.54) is 24.3 Å². The molecule has 0 heterocycles. The van der Waals surface area contributed by atoms with Crippen LogP contribution in [0.5, 0.6) is 0 Å². The maximum absolute atomic E-state index is 12.5. The van der Waals surface area contributed by atoms with Crippen molar-refractivity contribution in [3.63, 3.8) is 0 Å². The Kier molecular flexibility index (Phi) is 4.18. The zero-order chi connectivity index (χ0) is 15.7. The van der Waals surface area contributed by atoms with Crippen molar-refractivity contribution in [3.05, 3.63) is 54.1 Å². The van der Waals surface area contributed by atoms with Crippen molar-refractivity contribution in [1.29, 1.82) is 0 Å². The fourth-order valence-electron chi connectivity index (χ4n) is 1.99. The van der Waals surface area contributed by atoms with Crippen LogP contribution in [0.3, 0.4) is 0 Å². The number of aryl methyl sites for hydroxylation is 1. The summed E-state index contributed by atoms with van der Waals surface area (Å²) in [7, 11) is -7.74. The lowest BCUT2D eigenvalue weighted by atomic mass is 10.2. The van der Waals surface area contributed by atoms with Gasteiger partial charge in [-0.1, -0.05) is 31.2 Å². The van der Waals surface area contributed by atoms with Crippen molar-refractivity contribution < 1.29 is 16.8 Å². The van der Waals surface area contributed by atoms with E-state index in [1.807, 2.05) is 0 Å². The molecule has 0 unspecified atom stereocenters. The monoisotopic (exact) mass is 325 g/mol. The third-order valence-corrected chi connectivity index (χ3v) is 5.85. The standard InChI is InChI=1S/C14H15NO4S2/c1-2-11-8-9-13(10-14(11)21(15,18)19)20(16,17)12-6-4-3-5-7-12/h3-10H,2H2,1H3,(H2,15,18,19).